The maximum absolute atomic E-state index is 12.1. The van der Waals surface area contributed by atoms with Crippen LogP contribution in [-0.2, 0) is 0 Å². The molecule has 0 bridgehead atoms. The molecule has 1 saturated carbocycles. The average molecular weight is 311 g/mol. The topological polar surface area (TPSA) is 55.1 Å². The van der Waals surface area contributed by atoms with Gasteiger partial charge in [-0.15, -0.1) is 12.4 Å². The highest BCUT2D eigenvalue weighted by Gasteiger charge is 2.15. The van der Waals surface area contributed by atoms with Gasteiger partial charge in [-0.2, -0.15) is 0 Å². The highest BCUT2D eigenvalue weighted by atomic mass is 35.5. The number of rotatable bonds is 5. The van der Waals surface area contributed by atoms with Gasteiger partial charge >= 0.3 is 0 Å². The number of halogens is 1. The summed E-state index contributed by atoms with van der Waals surface area (Å²) in [6, 6.07) is 7.37. The summed E-state index contributed by atoms with van der Waals surface area (Å²) in [5, 5.41) is 3.07. The SMILES string of the molecule is CC(CCC1CCCCC1)NC(=O)c1cccc(N)c1.Cl. The number of anilines is 1. The largest absolute Gasteiger partial charge is 0.399 e. The molecular formula is C17H27ClN2O. The molecule has 1 amide bonds. The van der Waals surface area contributed by atoms with E-state index in [1.807, 2.05) is 6.07 Å². The molecule has 1 aliphatic rings. The van der Waals surface area contributed by atoms with E-state index >= 15 is 0 Å². The molecule has 1 atom stereocenters. The van der Waals surface area contributed by atoms with Crippen molar-refractivity contribution < 1.29 is 4.79 Å². The Kier molecular flexibility index (Phi) is 7.58. The highest BCUT2D eigenvalue weighted by Crippen LogP contribution is 2.27. The predicted molar refractivity (Wildman–Crippen MR) is 90.8 cm³/mol. The molecule has 1 unspecified atom stereocenters. The van der Waals surface area contributed by atoms with Gasteiger partial charge in [-0.05, 0) is 43.9 Å². The van der Waals surface area contributed by atoms with Gasteiger partial charge in [0, 0.05) is 17.3 Å². The zero-order valence-corrected chi connectivity index (χ0v) is 13.6. The number of benzene rings is 1. The molecule has 1 aromatic rings. The van der Waals surface area contributed by atoms with Crippen molar-refractivity contribution in [3.8, 4) is 0 Å². The molecule has 2 rings (SSSR count). The van der Waals surface area contributed by atoms with E-state index in [0.717, 1.165) is 12.3 Å². The molecule has 0 radical (unpaired) electrons. The Morgan fingerprint density at radius 2 is 2.05 bits per heavy atom. The summed E-state index contributed by atoms with van der Waals surface area (Å²) < 4.78 is 0. The van der Waals surface area contributed by atoms with E-state index < -0.39 is 0 Å². The summed E-state index contributed by atoms with van der Waals surface area (Å²) in [6.07, 6.45) is 9.21. The van der Waals surface area contributed by atoms with E-state index in [4.69, 9.17) is 5.73 Å². The van der Waals surface area contributed by atoms with Crippen LogP contribution in [0, 0.1) is 5.92 Å². The molecule has 1 aromatic carbocycles. The van der Waals surface area contributed by atoms with Crippen LogP contribution in [0.1, 0.15) is 62.2 Å². The predicted octanol–water partition coefficient (Wildman–Crippen LogP) is 4.17. The standard InChI is InChI=1S/C17H26N2O.ClH/c1-13(10-11-14-6-3-2-4-7-14)19-17(20)15-8-5-9-16(18)12-15;/h5,8-9,12-14H,2-4,6-7,10-11,18H2,1H3,(H,19,20);1H. The molecule has 0 heterocycles. The van der Waals surface area contributed by atoms with Crippen LogP contribution in [0.4, 0.5) is 5.69 Å². The summed E-state index contributed by atoms with van der Waals surface area (Å²) in [6.45, 7) is 2.09. The Bertz CT molecular complexity index is 444. The summed E-state index contributed by atoms with van der Waals surface area (Å²) in [4.78, 5) is 12.1. The Hall–Kier alpha value is -1.22. The van der Waals surface area contributed by atoms with E-state index in [2.05, 4.69) is 12.2 Å². The molecule has 4 heteroatoms. The highest BCUT2D eigenvalue weighted by molar-refractivity contribution is 5.95. The lowest BCUT2D eigenvalue weighted by Crippen LogP contribution is -2.33. The number of nitrogens with two attached hydrogens (primary N) is 1. The number of hydrogen-bond acceptors (Lipinski definition) is 2. The molecular weight excluding hydrogens is 284 g/mol. The normalized spacial score (nSPS) is 16.8. The summed E-state index contributed by atoms with van der Waals surface area (Å²) in [5.74, 6) is 0.851. The molecule has 1 aliphatic carbocycles. The van der Waals surface area contributed by atoms with Crippen LogP contribution >= 0.6 is 12.4 Å². The van der Waals surface area contributed by atoms with Gasteiger partial charge in [0.2, 0.25) is 0 Å². The first-order chi connectivity index (χ1) is 9.65. The van der Waals surface area contributed by atoms with Gasteiger partial charge in [-0.3, -0.25) is 4.79 Å². The molecule has 3 N–H and O–H groups in total. The minimum Gasteiger partial charge on any atom is -0.399 e. The summed E-state index contributed by atoms with van der Waals surface area (Å²) in [5.41, 5.74) is 6.98. The molecule has 21 heavy (non-hydrogen) atoms. The maximum Gasteiger partial charge on any atom is 0.251 e. The third-order valence-electron chi connectivity index (χ3n) is 4.26. The van der Waals surface area contributed by atoms with Crippen LogP contribution in [0.5, 0.6) is 0 Å². The molecule has 0 aliphatic heterocycles. The van der Waals surface area contributed by atoms with E-state index in [1.54, 1.807) is 18.2 Å². The van der Waals surface area contributed by atoms with Crippen LogP contribution in [0.15, 0.2) is 24.3 Å². The van der Waals surface area contributed by atoms with Gasteiger partial charge in [0.05, 0.1) is 0 Å². The lowest BCUT2D eigenvalue weighted by Gasteiger charge is -2.23. The third-order valence-corrected chi connectivity index (χ3v) is 4.26. The fraction of sp³-hybridized carbons (Fsp3) is 0.588. The summed E-state index contributed by atoms with van der Waals surface area (Å²) >= 11 is 0. The fourth-order valence-electron chi connectivity index (χ4n) is 3.02. The number of nitrogen functional groups attached to an aromatic ring is 1. The Balaban J connectivity index is 0.00000220. The average Bonchev–Trinajstić information content (AvgIpc) is 2.46. The van der Waals surface area contributed by atoms with Gasteiger partial charge in [-0.25, -0.2) is 0 Å². The minimum atomic E-state index is -0.0200. The van der Waals surface area contributed by atoms with E-state index in [-0.39, 0.29) is 24.4 Å². The van der Waals surface area contributed by atoms with Crippen molar-refractivity contribution in [2.24, 2.45) is 5.92 Å². The van der Waals surface area contributed by atoms with Crippen LogP contribution < -0.4 is 11.1 Å². The van der Waals surface area contributed by atoms with Gasteiger partial charge in [0.25, 0.3) is 5.91 Å². The summed E-state index contributed by atoms with van der Waals surface area (Å²) in [7, 11) is 0. The van der Waals surface area contributed by atoms with Crippen LogP contribution in [0.3, 0.4) is 0 Å². The van der Waals surface area contributed by atoms with Gasteiger partial charge < -0.3 is 11.1 Å². The van der Waals surface area contributed by atoms with Crippen molar-refractivity contribution in [1.29, 1.82) is 0 Å². The van der Waals surface area contributed by atoms with Crippen molar-refractivity contribution in [1.82, 2.24) is 5.32 Å². The van der Waals surface area contributed by atoms with Crippen LogP contribution in [0.25, 0.3) is 0 Å². The number of carbonyl (C=O) groups excluding carboxylic acids is 1. The molecule has 0 spiro atoms. The zero-order valence-electron chi connectivity index (χ0n) is 12.8. The van der Waals surface area contributed by atoms with E-state index in [0.29, 0.717) is 11.3 Å². The quantitative estimate of drug-likeness (QED) is 0.802. The number of carbonyl (C=O) groups is 1. The second-order valence-electron chi connectivity index (χ2n) is 6.08. The van der Waals surface area contributed by atoms with Crippen molar-refractivity contribution >= 4 is 24.0 Å². The van der Waals surface area contributed by atoms with Gasteiger partial charge in [-0.1, -0.05) is 38.2 Å². The molecule has 1 fully saturated rings. The van der Waals surface area contributed by atoms with Gasteiger partial charge in [0.15, 0.2) is 0 Å². The molecule has 3 nitrogen and oxygen atoms in total. The second kappa shape index (κ2) is 8.93. The van der Waals surface area contributed by atoms with Crippen molar-refractivity contribution in [2.45, 2.75) is 57.9 Å². The van der Waals surface area contributed by atoms with E-state index in [9.17, 15) is 4.79 Å². The number of nitrogens with one attached hydrogen (secondary N) is 1. The van der Waals surface area contributed by atoms with Crippen molar-refractivity contribution in [2.75, 3.05) is 5.73 Å². The molecule has 0 saturated heterocycles. The third kappa shape index (κ3) is 5.96. The second-order valence-corrected chi connectivity index (χ2v) is 6.08. The van der Waals surface area contributed by atoms with Crippen molar-refractivity contribution in [3.05, 3.63) is 29.8 Å². The molecule has 118 valence electrons. The first-order valence-corrected chi connectivity index (χ1v) is 7.81. The Morgan fingerprint density at radius 3 is 2.71 bits per heavy atom. The smallest absolute Gasteiger partial charge is 0.251 e. The monoisotopic (exact) mass is 310 g/mol. The first kappa shape index (κ1) is 17.8. The minimum absolute atomic E-state index is 0. The molecule has 0 aromatic heterocycles. The lowest BCUT2D eigenvalue weighted by molar-refractivity contribution is 0.0936. The number of amides is 1. The zero-order chi connectivity index (χ0) is 14.4. The van der Waals surface area contributed by atoms with Crippen LogP contribution in [-0.4, -0.2) is 11.9 Å². The van der Waals surface area contributed by atoms with Crippen molar-refractivity contribution in [3.63, 3.8) is 0 Å². The van der Waals surface area contributed by atoms with Gasteiger partial charge in [0.1, 0.15) is 0 Å². The Labute approximate surface area is 134 Å². The number of hydrogen-bond donors (Lipinski definition) is 2. The Morgan fingerprint density at radius 1 is 1.33 bits per heavy atom. The first-order valence-electron chi connectivity index (χ1n) is 7.81. The van der Waals surface area contributed by atoms with E-state index in [1.165, 1.54) is 38.5 Å². The fourth-order valence-corrected chi connectivity index (χ4v) is 3.02. The maximum atomic E-state index is 12.1. The lowest BCUT2D eigenvalue weighted by atomic mass is 9.85. The van der Waals surface area contributed by atoms with Crippen LogP contribution in [0.2, 0.25) is 0 Å².